The maximum absolute atomic E-state index is 12.7. The molecule has 2 fully saturated rings. The van der Waals surface area contributed by atoms with Gasteiger partial charge in [0.05, 0.1) is 0 Å². The van der Waals surface area contributed by atoms with Crippen LogP contribution in [0.3, 0.4) is 0 Å². The van der Waals surface area contributed by atoms with Gasteiger partial charge in [-0.05, 0) is 39.2 Å². The van der Waals surface area contributed by atoms with Gasteiger partial charge < -0.3 is 16.0 Å². The van der Waals surface area contributed by atoms with Crippen molar-refractivity contribution in [2.75, 3.05) is 13.1 Å². The molecular formula is C12H20F3N3O. The first-order valence-electron chi connectivity index (χ1n) is 6.62. The molecule has 110 valence electrons. The summed E-state index contributed by atoms with van der Waals surface area (Å²) in [6.45, 7) is 2.61. The van der Waals surface area contributed by atoms with Gasteiger partial charge in [0.25, 0.3) is 0 Å². The van der Waals surface area contributed by atoms with Gasteiger partial charge in [-0.3, -0.25) is 4.79 Å². The van der Waals surface area contributed by atoms with Crippen molar-refractivity contribution in [2.24, 2.45) is 5.73 Å². The molecule has 2 saturated heterocycles. The molecule has 19 heavy (non-hydrogen) atoms. The van der Waals surface area contributed by atoms with E-state index >= 15 is 0 Å². The molecule has 0 bridgehead atoms. The van der Waals surface area contributed by atoms with Crippen LogP contribution in [0.15, 0.2) is 0 Å². The summed E-state index contributed by atoms with van der Waals surface area (Å²) in [5.41, 5.74) is 2.29. The van der Waals surface area contributed by atoms with Crippen molar-refractivity contribution in [3.8, 4) is 0 Å². The molecule has 0 aliphatic carbocycles. The maximum Gasteiger partial charge on any atom is 0.415 e. The third-order valence-electron chi connectivity index (χ3n) is 4.22. The van der Waals surface area contributed by atoms with Gasteiger partial charge in [-0.1, -0.05) is 0 Å². The number of nitrogens with zero attached hydrogens (tertiary/aromatic N) is 1. The second-order valence-electron chi connectivity index (χ2n) is 5.73. The normalized spacial score (nSPS) is 31.6. The van der Waals surface area contributed by atoms with Crippen LogP contribution in [0.2, 0.25) is 0 Å². The predicted molar refractivity (Wildman–Crippen MR) is 64.4 cm³/mol. The monoisotopic (exact) mass is 279 g/mol. The zero-order valence-electron chi connectivity index (χ0n) is 11.0. The molecular weight excluding hydrogens is 259 g/mol. The van der Waals surface area contributed by atoms with E-state index in [1.54, 1.807) is 0 Å². The van der Waals surface area contributed by atoms with Crippen LogP contribution in [0.4, 0.5) is 13.2 Å². The van der Waals surface area contributed by atoms with E-state index in [-0.39, 0.29) is 6.04 Å². The molecule has 3 unspecified atom stereocenters. The minimum absolute atomic E-state index is 0.197. The summed E-state index contributed by atoms with van der Waals surface area (Å²) < 4.78 is 38.0. The number of rotatable bonds is 2. The van der Waals surface area contributed by atoms with Gasteiger partial charge in [0, 0.05) is 18.6 Å². The quantitative estimate of drug-likeness (QED) is 0.793. The Morgan fingerprint density at radius 1 is 1.32 bits per heavy atom. The number of carbonyl (C=O) groups excluding carboxylic acids is 1. The number of alkyl halides is 3. The Bertz CT molecular complexity index is 357. The Kier molecular flexibility index (Phi) is 3.79. The number of amides is 1. The van der Waals surface area contributed by atoms with E-state index in [0.717, 1.165) is 32.4 Å². The molecule has 3 atom stereocenters. The Morgan fingerprint density at radius 3 is 2.63 bits per heavy atom. The summed E-state index contributed by atoms with van der Waals surface area (Å²) in [6, 6.07) is 0.200. The molecule has 1 amide bonds. The summed E-state index contributed by atoms with van der Waals surface area (Å²) in [5, 5.41) is 2.47. The summed E-state index contributed by atoms with van der Waals surface area (Å²) in [5.74, 6) is -1.13. The van der Waals surface area contributed by atoms with Crippen LogP contribution < -0.4 is 11.1 Å². The van der Waals surface area contributed by atoms with Crippen LogP contribution in [0.25, 0.3) is 0 Å². The lowest BCUT2D eigenvalue weighted by Crippen LogP contribution is -2.63. The van der Waals surface area contributed by atoms with Crippen molar-refractivity contribution in [3.63, 3.8) is 0 Å². The Hall–Kier alpha value is -0.820. The first-order chi connectivity index (χ1) is 8.72. The fourth-order valence-electron chi connectivity index (χ4n) is 2.82. The summed E-state index contributed by atoms with van der Waals surface area (Å²) in [4.78, 5) is 14.0. The topological polar surface area (TPSA) is 58.4 Å². The molecule has 0 radical (unpaired) electrons. The molecule has 2 aliphatic rings. The highest BCUT2D eigenvalue weighted by molar-refractivity contribution is 5.86. The first-order valence-corrected chi connectivity index (χ1v) is 6.62. The zero-order valence-corrected chi connectivity index (χ0v) is 11.0. The summed E-state index contributed by atoms with van der Waals surface area (Å²) in [6.07, 6.45) is -1.13. The molecule has 0 aromatic carbocycles. The third kappa shape index (κ3) is 2.86. The van der Waals surface area contributed by atoms with E-state index in [2.05, 4.69) is 10.2 Å². The van der Waals surface area contributed by atoms with Gasteiger partial charge in [0.15, 0.2) is 5.54 Å². The highest BCUT2D eigenvalue weighted by Crippen LogP contribution is 2.30. The smallest absolute Gasteiger partial charge is 0.351 e. The van der Waals surface area contributed by atoms with Crippen molar-refractivity contribution in [1.82, 2.24) is 10.2 Å². The van der Waals surface area contributed by atoms with Gasteiger partial charge in [-0.25, -0.2) is 0 Å². The number of fused-ring (bicyclic) bond motifs is 1. The van der Waals surface area contributed by atoms with Crippen LogP contribution in [-0.2, 0) is 4.79 Å². The SMILES string of the molecule is CC(N)(C(=O)NC1CCN2CCCC2C1)C(F)(F)F. The Morgan fingerprint density at radius 2 is 2.00 bits per heavy atom. The second kappa shape index (κ2) is 4.94. The maximum atomic E-state index is 12.7. The van der Waals surface area contributed by atoms with Crippen LogP contribution in [0, 0.1) is 0 Å². The molecule has 0 aromatic rings. The van der Waals surface area contributed by atoms with Gasteiger partial charge in [0.1, 0.15) is 0 Å². The molecule has 3 N–H and O–H groups in total. The van der Waals surface area contributed by atoms with Gasteiger partial charge in [-0.2, -0.15) is 13.2 Å². The minimum Gasteiger partial charge on any atom is -0.351 e. The molecule has 2 heterocycles. The van der Waals surface area contributed by atoms with E-state index in [0.29, 0.717) is 19.4 Å². The number of hydrogen-bond acceptors (Lipinski definition) is 3. The standard InChI is InChI=1S/C12H20F3N3O/c1-11(16,12(13,14)15)10(19)17-8-4-6-18-5-2-3-9(18)7-8/h8-9H,2-7,16H2,1H3,(H,17,19). The lowest BCUT2D eigenvalue weighted by molar-refractivity contribution is -0.188. The van der Waals surface area contributed by atoms with E-state index in [1.807, 2.05) is 0 Å². The molecule has 0 saturated carbocycles. The highest BCUT2D eigenvalue weighted by atomic mass is 19.4. The van der Waals surface area contributed by atoms with E-state index in [9.17, 15) is 18.0 Å². The number of piperidine rings is 1. The van der Waals surface area contributed by atoms with E-state index in [4.69, 9.17) is 5.73 Å². The third-order valence-corrected chi connectivity index (χ3v) is 4.22. The number of nitrogens with one attached hydrogen (secondary N) is 1. The second-order valence-corrected chi connectivity index (χ2v) is 5.73. The van der Waals surface area contributed by atoms with E-state index in [1.165, 1.54) is 0 Å². The van der Waals surface area contributed by atoms with Crippen LogP contribution in [-0.4, -0.2) is 47.7 Å². The fourth-order valence-corrected chi connectivity index (χ4v) is 2.82. The van der Waals surface area contributed by atoms with E-state index < -0.39 is 17.6 Å². The van der Waals surface area contributed by atoms with Crippen LogP contribution >= 0.6 is 0 Å². The average Bonchev–Trinajstić information content (AvgIpc) is 2.74. The van der Waals surface area contributed by atoms with Crippen molar-refractivity contribution < 1.29 is 18.0 Å². The fraction of sp³-hybridized carbons (Fsp3) is 0.917. The number of nitrogens with two attached hydrogens (primary N) is 1. The molecule has 4 nitrogen and oxygen atoms in total. The van der Waals surface area contributed by atoms with Crippen molar-refractivity contribution >= 4 is 5.91 Å². The van der Waals surface area contributed by atoms with Gasteiger partial charge >= 0.3 is 6.18 Å². The molecule has 0 spiro atoms. The first kappa shape index (κ1) is 14.6. The zero-order chi connectivity index (χ0) is 14.3. The largest absolute Gasteiger partial charge is 0.415 e. The molecule has 2 aliphatic heterocycles. The van der Waals surface area contributed by atoms with Crippen molar-refractivity contribution in [1.29, 1.82) is 0 Å². The van der Waals surface area contributed by atoms with Crippen molar-refractivity contribution in [2.45, 2.75) is 56.4 Å². The Labute approximate surface area is 110 Å². The predicted octanol–water partition coefficient (Wildman–Crippen LogP) is 1.01. The average molecular weight is 279 g/mol. The van der Waals surface area contributed by atoms with Gasteiger partial charge in [0.2, 0.25) is 5.91 Å². The summed E-state index contributed by atoms with van der Waals surface area (Å²) >= 11 is 0. The number of carbonyl (C=O) groups is 1. The van der Waals surface area contributed by atoms with Crippen LogP contribution in [0.1, 0.15) is 32.6 Å². The van der Waals surface area contributed by atoms with Crippen molar-refractivity contribution in [3.05, 3.63) is 0 Å². The molecule has 2 rings (SSSR count). The van der Waals surface area contributed by atoms with Crippen LogP contribution in [0.5, 0.6) is 0 Å². The molecule has 0 aromatic heterocycles. The highest BCUT2D eigenvalue weighted by Gasteiger charge is 2.54. The number of hydrogen-bond donors (Lipinski definition) is 2. The molecule has 7 heteroatoms. The van der Waals surface area contributed by atoms with Gasteiger partial charge in [-0.15, -0.1) is 0 Å². The number of halogens is 3. The lowest BCUT2D eigenvalue weighted by Gasteiger charge is -2.36. The summed E-state index contributed by atoms with van der Waals surface area (Å²) in [7, 11) is 0. The Balaban J connectivity index is 1.93. The lowest BCUT2D eigenvalue weighted by atomic mass is 9.95. The minimum atomic E-state index is -4.73.